The van der Waals surface area contributed by atoms with Crippen molar-refractivity contribution < 1.29 is 19.1 Å². The van der Waals surface area contributed by atoms with Gasteiger partial charge >= 0.3 is 11.8 Å². The second-order valence-electron chi connectivity index (χ2n) is 5.55. The fourth-order valence-electron chi connectivity index (χ4n) is 2.33. The number of nitrogens with zero attached hydrogens (tertiary/aromatic N) is 1. The lowest BCUT2D eigenvalue weighted by Gasteiger charge is -2.10. The SMILES string of the molecule is N#Cc1ccccc1NC(=O)C(=O)NC[C@H](O)c1ccc(-c2ccsc2)o1. The third-order valence-corrected chi connectivity index (χ3v) is 4.40. The van der Waals surface area contributed by atoms with Gasteiger partial charge in [-0.05, 0) is 35.7 Å². The first-order valence-corrected chi connectivity index (χ1v) is 8.91. The van der Waals surface area contributed by atoms with E-state index < -0.39 is 17.9 Å². The van der Waals surface area contributed by atoms with E-state index in [4.69, 9.17) is 9.68 Å². The van der Waals surface area contributed by atoms with E-state index in [1.165, 1.54) is 23.5 Å². The molecule has 3 rings (SSSR count). The van der Waals surface area contributed by atoms with Crippen LogP contribution in [0, 0.1) is 11.3 Å². The third-order valence-electron chi connectivity index (χ3n) is 3.72. The molecule has 0 aliphatic heterocycles. The average molecular weight is 381 g/mol. The summed E-state index contributed by atoms with van der Waals surface area (Å²) < 4.78 is 5.58. The van der Waals surface area contributed by atoms with Gasteiger partial charge in [-0.1, -0.05) is 12.1 Å². The lowest BCUT2D eigenvalue weighted by molar-refractivity contribution is -0.136. The van der Waals surface area contributed by atoms with Gasteiger partial charge in [0.05, 0.1) is 17.8 Å². The molecule has 0 saturated heterocycles. The summed E-state index contributed by atoms with van der Waals surface area (Å²) in [6.07, 6.45) is -1.10. The number of para-hydroxylation sites is 1. The normalized spacial score (nSPS) is 11.4. The Morgan fingerprint density at radius 2 is 2.00 bits per heavy atom. The fraction of sp³-hybridized carbons (Fsp3) is 0.105. The van der Waals surface area contributed by atoms with Crippen molar-refractivity contribution in [1.29, 1.82) is 5.26 Å². The van der Waals surface area contributed by atoms with Crippen LogP contribution in [-0.4, -0.2) is 23.5 Å². The van der Waals surface area contributed by atoms with Crippen molar-refractivity contribution >= 4 is 28.8 Å². The van der Waals surface area contributed by atoms with Gasteiger partial charge < -0.3 is 20.2 Å². The molecule has 0 fully saturated rings. The van der Waals surface area contributed by atoms with Gasteiger partial charge in [0, 0.05) is 10.9 Å². The molecule has 3 aromatic rings. The first-order valence-electron chi connectivity index (χ1n) is 7.97. The zero-order chi connectivity index (χ0) is 19.2. The van der Waals surface area contributed by atoms with Gasteiger partial charge in [0.25, 0.3) is 0 Å². The molecule has 0 unspecified atom stereocenters. The smallest absolute Gasteiger partial charge is 0.313 e. The molecular formula is C19H15N3O4S. The zero-order valence-corrected chi connectivity index (χ0v) is 14.8. The Hall–Kier alpha value is -3.41. The van der Waals surface area contributed by atoms with Crippen LogP contribution in [0.25, 0.3) is 11.3 Å². The summed E-state index contributed by atoms with van der Waals surface area (Å²) in [5, 5.41) is 27.7. The summed E-state index contributed by atoms with van der Waals surface area (Å²) in [4.78, 5) is 23.9. The van der Waals surface area contributed by atoms with Crippen molar-refractivity contribution in [2.45, 2.75) is 6.10 Å². The van der Waals surface area contributed by atoms with Crippen LogP contribution in [0.1, 0.15) is 17.4 Å². The lowest BCUT2D eigenvalue weighted by atomic mass is 10.2. The second kappa shape index (κ2) is 8.31. The molecule has 136 valence electrons. The minimum Gasteiger partial charge on any atom is -0.458 e. The standard InChI is InChI=1S/C19H15N3O4S/c20-9-12-3-1-2-4-14(12)22-19(25)18(24)21-10-15(23)17-6-5-16(26-17)13-7-8-27-11-13/h1-8,11,15,23H,10H2,(H,21,24)(H,22,25)/t15-/m0/s1. The number of amides is 2. The molecule has 0 spiro atoms. The average Bonchev–Trinajstić information content (AvgIpc) is 3.37. The summed E-state index contributed by atoms with van der Waals surface area (Å²) in [7, 11) is 0. The quantitative estimate of drug-likeness (QED) is 0.588. The number of nitrogens with one attached hydrogen (secondary N) is 2. The molecule has 0 aliphatic carbocycles. The fourth-order valence-corrected chi connectivity index (χ4v) is 2.98. The predicted molar refractivity (Wildman–Crippen MR) is 99.8 cm³/mol. The number of benzene rings is 1. The topological polar surface area (TPSA) is 115 Å². The summed E-state index contributed by atoms with van der Waals surface area (Å²) in [6, 6.07) is 13.5. The van der Waals surface area contributed by atoms with Crippen LogP contribution >= 0.6 is 11.3 Å². The number of hydrogen-bond acceptors (Lipinski definition) is 6. The number of carbonyl (C=O) groups is 2. The molecule has 0 bridgehead atoms. The van der Waals surface area contributed by atoms with Crippen LogP contribution in [0.15, 0.2) is 57.6 Å². The lowest BCUT2D eigenvalue weighted by Crippen LogP contribution is -2.37. The van der Waals surface area contributed by atoms with Crippen molar-refractivity contribution in [2.75, 3.05) is 11.9 Å². The molecule has 8 heteroatoms. The number of thiophene rings is 1. The van der Waals surface area contributed by atoms with Crippen LogP contribution < -0.4 is 10.6 Å². The summed E-state index contributed by atoms with van der Waals surface area (Å²) in [5.41, 5.74) is 1.39. The van der Waals surface area contributed by atoms with E-state index in [-0.39, 0.29) is 23.6 Å². The van der Waals surface area contributed by atoms with Crippen LogP contribution in [0.2, 0.25) is 0 Å². The van der Waals surface area contributed by atoms with Crippen molar-refractivity contribution in [3.8, 4) is 17.4 Å². The number of rotatable bonds is 5. The third kappa shape index (κ3) is 4.41. The molecule has 3 N–H and O–H groups in total. The Labute approximate surface area is 158 Å². The van der Waals surface area contributed by atoms with Crippen LogP contribution in [0.4, 0.5) is 5.69 Å². The molecule has 27 heavy (non-hydrogen) atoms. The summed E-state index contributed by atoms with van der Waals surface area (Å²) in [5.74, 6) is -0.955. The largest absolute Gasteiger partial charge is 0.458 e. The van der Waals surface area contributed by atoms with Crippen LogP contribution in [0.5, 0.6) is 0 Å². The monoisotopic (exact) mass is 381 g/mol. The van der Waals surface area contributed by atoms with E-state index in [1.807, 2.05) is 22.9 Å². The number of nitriles is 1. The summed E-state index contributed by atoms with van der Waals surface area (Å²) in [6.45, 7) is -0.192. The predicted octanol–water partition coefficient (Wildman–Crippen LogP) is 2.67. The van der Waals surface area contributed by atoms with Gasteiger partial charge in [-0.15, -0.1) is 0 Å². The highest BCUT2D eigenvalue weighted by Gasteiger charge is 2.19. The number of carbonyl (C=O) groups excluding carboxylic acids is 2. The highest BCUT2D eigenvalue weighted by Crippen LogP contribution is 2.26. The Morgan fingerprint density at radius 1 is 1.19 bits per heavy atom. The Kier molecular flexibility index (Phi) is 5.66. The van der Waals surface area contributed by atoms with E-state index >= 15 is 0 Å². The molecule has 2 aromatic heterocycles. The van der Waals surface area contributed by atoms with E-state index in [1.54, 1.807) is 24.3 Å². The number of aliphatic hydroxyl groups is 1. The molecule has 0 aliphatic rings. The first kappa shape index (κ1) is 18.4. The minimum absolute atomic E-state index is 0.192. The highest BCUT2D eigenvalue weighted by molar-refractivity contribution is 7.08. The van der Waals surface area contributed by atoms with E-state index in [0.717, 1.165) is 5.56 Å². The number of anilines is 1. The maximum absolute atomic E-state index is 12.0. The maximum Gasteiger partial charge on any atom is 0.313 e. The first-order chi connectivity index (χ1) is 13.1. The highest BCUT2D eigenvalue weighted by atomic mass is 32.1. The second-order valence-corrected chi connectivity index (χ2v) is 6.33. The van der Waals surface area contributed by atoms with Crippen LogP contribution in [0.3, 0.4) is 0 Å². The Bertz CT molecular complexity index is 989. The summed E-state index contributed by atoms with van der Waals surface area (Å²) >= 11 is 1.53. The molecular weight excluding hydrogens is 366 g/mol. The van der Waals surface area contributed by atoms with Crippen molar-refractivity contribution in [2.24, 2.45) is 0 Å². The molecule has 2 heterocycles. The zero-order valence-electron chi connectivity index (χ0n) is 14.0. The van der Waals surface area contributed by atoms with Crippen molar-refractivity contribution in [1.82, 2.24) is 5.32 Å². The van der Waals surface area contributed by atoms with E-state index in [0.29, 0.717) is 5.76 Å². The van der Waals surface area contributed by atoms with Gasteiger partial charge in [-0.3, -0.25) is 9.59 Å². The van der Waals surface area contributed by atoms with Gasteiger partial charge in [0.2, 0.25) is 0 Å². The molecule has 1 atom stereocenters. The van der Waals surface area contributed by atoms with E-state index in [2.05, 4.69) is 10.6 Å². The minimum atomic E-state index is -1.10. The molecule has 7 nitrogen and oxygen atoms in total. The van der Waals surface area contributed by atoms with Gasteiger partial charge in [0.15, 0.2) is 0 Å². The number of furan rings is 1. The molecule has 0 saturated carbocycles. The van der Waals surface area contributed by atoms with Crippen LogP contribution in [-0.2, 0) is 9.59 Å². The number of aliphatic hydroxyl groups excluding tert-OH is 1. The number of hydrogen-bond donors (Lipinski definition) is 3. The van der Waals surface area contributed by atoms with Gasteiger partial charge in [-0.2, -0.15) is 16.6 Å². The molecule has 2 amide bonds. The Morgan fingerprint density at radius 3 is 2.74 bits per heavy atom. The van der Waals surface area contributed by atoms with Gasteiger partial charge in [0.1, 0.15) is 23.7 Å². The molecule has 0 radical (unpaired) electrons. The maximum atomic E-state index is 12.0. The van der Waals surface area contributed by atoms with Crippen molar-refractivity contribution in [3.63, 3.8) is 0 Å². The Balaban J connectivity index is 1.55. The molecule has 1 aromatic carbocycles. The van der Waals surface area contributed by atoms with E-state index in [9.17, 15) is 14.7 Å². The van der Waals surface area contributed by atoms with Crippen molar-refractivity contribution in [3.05, 3.63) is 64.5 Å². The van der Waals surface area contributed by atoms with Gasteiger partial charge in [-0.25, -0.2) is 0 Å².